The Hall–Kier alpha value is -1.63. The zero-order valence-corrected chi connectivity index (χ0v) is 13.9. The molecule has 6 nitrogen and oxygen atoms in total. The summed E-state index contributed by atoms with van der Waals surface area (Å²) < 4.78 is 15.7. The van der Waals surface area contributed by atoms with Gasteiger partial charge in [-0.25, -0.2) is 0 Å². The molecule has 1 fully saturated rings. The molecule has 3 atom stereocenters. The maximum Gasteiger partial charge on any atom is 0.223 e. The van der Waals surface area contributed by atoms with Gasteiger partial charge >= 0.3 is 0 Å². The molecule has 1 N–H and O–H groups in total. The van der Waals surface area contributed by atoms with Crippen molar-refractivity contribution in [2.24, 2.45) is 0 Å². The summed E-state index contributed by atoms with van der Waals surface area (Å²) in [4.78, 5) is 13.9. The number of benzene rings is 1. The Morgan fingerprint density at radius 3 is 2.61 bits per heavy atom. The Morgan fingerprint density at radius 2 is 2.00 bits per heavy atom. The lowest BCUT2D eigenvalue weighted by atomic mass is 10.0. The third-order valence-electron chi connectivity index (χ3n) is 4.33. The first-order valence-electron chi connectivity index (χ1n) is 7.74. The summed E-state index contributed by atoms with van der Waals surface area (Å²) in [6.07, 6.45) is -0.108. The Labute approximate surface area is 136 Å². The molecular weight excluding hydrogens is 298 g/mol. The van der Waals surface area contributed by atoms with Crippen LogP contribution in [0.5, 0.6) is 5.75 Å². The maximum absolute atomic E-state index is 12.4. The molecular formula is C17H25NO5. The van der Waals surface area contributed by atoms with E-state index in [1.807, 2.05) is 24.3 Å². The first kappa shape index (κ1) is 17.7. The third-order valence-corrected chi connectivity index (χ3v) is 4.33. The highest BCUT2D eigenvalue weighted by molar-refractivity contribution is 5.76. The van der Waals surface area contributed by atoms with Crippen molar-refractivity contribution in [3.8, 4) is 5.75 Å². The van der Waals surface area contributed by atoms with E-state index >= 15 is 0 Å². The number of likely N-dealkylation sites (N-methyl/N-ethyl adjacent to an activating group) is 1. The van der Waals surface area contributed by atoms with Gasteiger partial charge in [-0.1, -0.05) is 12.1 Å². The summed E-state index contributed by atoms with van der Waals surface area (Å²) >= 11 is 0. The van der Waals surface area contributed by atoms with Crippen LogP contribution in [0.2, 0.25) is 0 Å². The number of carbonyl (C=O) groups is 1. The number of hydrogen-bond acceptors (Lipinski definition) is 5. The molecule has 2 rings (SSSR count). The zero-order chi connectivity index (χ0) is 16.8. The van der Waals surface area contributed by atoms with E-state index in [9.17, 15) is 9.90 Å². The number of rotatable bonds is 6. The van der Waals surface area contributed by atoms with Gasteiger partial charge in [-0.15, -0.1) is 0 Å². The summed E-state index contributed by atoms with van der Waals surface area (Å²) in [5.41, 5.74) is 1.07. The van der Waals surface area contributed by atoms with E-state index in [2.05, 4.69) is 0 Å². The van der Waals surface area contributed by atoms with Gasteiger partial charge in [0.25, 0.3) is 0 Å². The zero-order valence-electron chi connectivity index (χ0n) is 13.9. The maximum atomic E-state index is 12.4. The van der Waals surface area contributed by atoms with Crippen molar-refractivity contribution >= 4 is 5.91 Å². The topological polar surface area (TPSA) is 68.2 Å². The van der Waals surface area contributed by atoms with Crippen molar-refractivity contribution in [2.75, 3.05) is 34.5 Å². The van der Waals surface area contributed by atoms with E-state index in [1.165, 1.54) is 7.11 Å². The highest BCUT2D eigenvalue weighted by atomic mass is 16.5. The smallest absolute Gasteiger partial charge is 0.223 e. The lowest BCUT2D eigenvalue weighted by Crippen LogP contribution is -2.56. The van der Waals surface area contributed by atoms with E-state index < -0.39 is 12.2 Å². The Kier molecular flexibility index (Phi) is 6.38. The summed E-state index contributed by atoms with van der Waals surface area (Å²) in [6.45, 7) is 0.674. The highest BCUT2D eigenvalue weighted by Gasteiger charge is 2.36. The van der Waals surface area contributed by atoms with Crippen LogP contribution in [0.1, 0.15) is 12.0 Å². The first-order valence-corrected chi connectivity index (χ1v) is 7.74. The van der Waals surface area contributed by atoms with E-state index in [4.69, 9.17) is 14.2 Å². The fraction of sp³-hybridized carbons (Fsp3) is 0.588. The minimum atomic E-state index is -0.733. The van der Waals surface area contributed by atoms with Crippen molar-refractivity contribution in [1.82, 2.24) is 4.90 Å². The summed E-state index contributed by atoms with van der Waals surface area (Å²) in [5, 5.41) is 10.3. The quantitative estimate of drug-likeness (QED) is 0.841. The lowest BCUT2D eigenvalue weighted by Gasteiger charge is -2.38. The van der Waals surface area contributed by atoms with Gasteiger partial charge in [0, 0.05) is 20.6 Å². The van der Waals surface area contributed by atoms with Crippen molar-refractivity contribution in [3.63, 3.8) is 0 Å². The molecule has 0 aromatic heterocycles. The predicted molar refractivity (Wildman–Crippen MR) is 85.5 cm³/mol. The van der Waals surface area contributed by atoms with Gasteiger partial charge in [0.1, 0.15) is 18.0 Å². The minimum Gasteiger partial charge on any atom is -0.497 e. The molecule has 0 radical (unpaired) electrons. The highest BCUT2D eigenvalue weighted by Crippen LogP contribution is 2.18. The second kappa shape index (κ2) is 8.29. The van der Waals surface area contributed by atoms with Gasteiger partial charge in [0.05, 0.1) is 26.4 Å². The lowest BCUT2D eigenvalue weighted by molar-refractivity contribution is -0.158. The predicted octanol–water partition coefficient (Wildman–Crippen LogP) is 0.861. The first-order chi connectivity index (χ1) is 11.1. The molecule has 0 bridgehead atoms. The van der Waals surface area contributed by atoms with Crippen LogP contribution in [-0.4, -0.2) is 68.6 Å². The molecule has 1 saturated heterocycles. The molecule has 1 aliphatic rings. The molecule has 1 aliphatic heterocycles. The normalized spacial score (nSPS) is 24.3. The summed E-state index contributed by atoms with van der Waals surface area (Å²) in [6, 6.07) is 7.28. The van der Waals surface area contributed by atoms with Gasteiger partial charge in [-0.05, 0) is 24.1 Å². The fourth-order valence-corrected chi connectivity index (χ4v) is 2.70. The van der Waals surface area contributed by atoms with Crippen LogP contribution in [0.25, 0.3) is 0 Å². The monoisotopic (exact) mass is 323 g/mol. The van der Waals surface area contributed by atoms with E-state index in [0.29, 0.717) is 26.1 Å². The Bertz CT molecular complexity index is 504. The van der Waals surface area contributed by atoms with Crippen molar-refractivity contribution < 1.29 is 24.1 Å². The summed E-state index contributed by atoms with van der Waals surface area (Å²) in [5.74, 6) is 0.774. The average Bonchev–Trinajstić information content (AvgIpc) is 2.59. The molecule has 0 spiro atoms. The fourth-order valence-electron chi connectivity index (χ4n) is 2.70. The second-order valence-electron chi connectivity index (χ2n) is 5.72. The Morgan fingerprint density at radius 1 is 1.30 bits per heavy atom. The van der Waals surface area contributed by atoms with E-state index in [-0.39, 0.29) is 11.9 Å². The molecule has 1 aromatic rings. The summed E-state index contributed by atoms with van der Waals surface area (Å²) in [7, 11) is 4.86. The van der Waals surface area contributed by atoms with Crippen LogP contribution in [0, 0.1) is 0 Å². The number of hydrogen-bond donors (Lipinski definition) is 1. The minimum absolute atomic E-state index is 0.0229. The molecule has 1 amide bonds. The number of carbonyl (C=O) groups excluding carboxylic acids is 1. The van der Waals surface area contributed by atoms with Crippen LogP contribution in [0.3, 0.4) is 0 Å². The molecule has 128 valence electrons. The van der Waals surface area contributed by atoms with Crippen LogP contribution in [-0.2, 0) is 20.7 Å². The van der Waals surface area contributed by atoms with Gasteiger partial charge in [0.15, 0.2) is 0 Å². The number of ether oxygens (including phenoxy) is 3. The molecule has 0 unspecified atom stereocenters. The molecule has 0 aliphatic carbocycles. The molecule has 1 aromatic carbocycles. The SMILES string of the molecule is COc1ccc(CCC(=O)N(C)[C@@H]2COC[C@@H](OC)[C@H]2O)cc1. The van der Waals surface area contributed by atoms with Crippen LogP contribution in [0.4, 0.5) is 0 Å². The van der Waals surface area contributed by atoms with Gasteiger partial charge in [-0.3, -0.25) is 4.79 Å². The van der Waals surface area contributed by atoms with Crippen LogP contribution in [0.15, 0.2) is 24.3 Å². The average molecular weight is 323 g/mol. The van der Waals surface area contributed by atoms with Crippen LogP contribution >= 0.6 is 0 Å². The number of amides is 1. The number of aliphatic hydroxyl groups is 1. The van der Waals surface area contributed by atoms with Crippen molar-refractivity contribution in [2.45, 2.75) is 31.1 Å². The van der Waals surface area contributed by atoms with Gasteiger partial charge in [0.2, 0.25) is 5.91 Å². The largest absolute Gasteiger partial charge is 0.497 e. The van der Waals surface area contributed by atoms with Crippen molar-refractivity contribution in [3.05, 3.63) is 29.8 Å². The Balaban J connectivity index is 1.88. The number of nitrogens with zero attached hydrogens (tertiary/aromatic N) is 1. The van der Waals surface area contributed by atoms with Gasteiger partial charge in [-0.2, -0.15) is 0 Å². The molecule has 23 heavy (non-hydrogen) atoms. The van der Waals surface area contributed by atoms with E-state index in [0.717, 1.165) is 11.3 Å². The van der Waals surface area contributed by atoms with Crippen LogP contribution < -0.4 is 4.74 Å². The number of aryl methyl sites for hydroxylation is 1. The van der Waals surface area contributed by atoms with E-state index in [1.54, 1.807) is 19.1 Å². The number of aliphatic hydroxyl groups excluding tert-OH is 1. The molecule has 1 heterocycles. The second-order valence-corrected chi connectivity index (χ2v) is 5.72. The molecule has 6 heteroatoms. The third kappa shape index (κ3) is 4.43. The number of methoxy groups -OCH3 is 2. The molecule has 0 saturated carbocycles. The van der Waals surface area contributed by atoms with Crippen molar-refractivity contribution in [1.29, 1.82) is 0 Å². The van der Waals surface area contributed by atoms with Gasteiger partial charge < -0.3 is 24.2 Å². The standard InChI is InChI=1S/C17H25NO5/c1-18(14-10-23-11-15(22-3)17(14)20)16(19)9-6-12-4-7-13(21-2)8-5-12/h4-5,7-8,14-15,17,20H,6,9-11H2,1-3H3/t14-,15-,17+/m1/s1.